The van der Waals surface area contributed by atoms with Crippen LogP contribution in [0.15, 0.2) is 46.9 Å². The van der Waals surface area contributed by atoms with Crippen molar-refractivity contribution in [1.82, 2.24) is 4.90 Å². The topological polar surface area (TPSA) is 50.5 Å². The molecule has 0 saturated carbocycles. The van der Waals surface area contributed by atoms with E-state index in [0.717, 1.165) is 23.1 Å². The van der Waals surface area contributed by atoms with Crippen molar-refractivity contribution in [3.8, 4) is 6.07 Å². The summed E-state index contributed by atoms with van der Waals surface area (Å²) in [6.45, 7) is 2.88. The van der Waals surface area contributed by atoms with Gasteiger partial charge in [-0.1, -0.05) is 28.1 Å². The molecule has 0 radical (unpaired) electrons. The smallest absolute Gasteiger partial charge is 0.147 e. The lowest BCUT2D eigenvalue weighted by Gasteiger charge is -2.40. The van der Waals surface area contributed by atoms with Crippen LogP contribution in [0.25, 0.3) is 0 Å². The molecule has 6 heteroatoms. The molecule has 25 heavy (non-hydrogen) atoms. The molecule has 2 aromatic rings. The molecule has 0 spiro atoms. The normalized spacial score (nSPS) is 16.5. The number of nitrogens with zero attached hydrogens (tertiary/aromatic N) is 3. The average molecular weight is 404 g/mol. The first-order chi connectivity index (χ1) is 12.1. The molecule has 0 bridgehead atoms. The zero-order valence-corrected chi connectivity index (χ0v) is 15.3. The number of hydrogen-bond donors (Lipinski definition) is 1. The maximum Gasteiger partial charge on any atom is 0.147 e. The predicted octanol–water partition coefficient (Wildman–Crippen LogP) is 3.32. The number of anilines is 1. The van der Waals surface area contributed by atoms with Gasteiger partial charge in [-0.2, -0.15) is 5.26 Å². The third-order valence-electron chi connectivity index (χ3n) is 4.60. The Morgan fingerprint density at radius 2 is 1.80 bits per heavy atom. The molecule has 1 aliphatic heterocycles. The molecule has 1 saturated heterocycles. The molecule has 1 N–H and O–H groups in total. The highest BCUT2D eigenvalue weighted by Crippen LogP contribution is 2.26. The largest absolute Gasteiger partial charge is 0.394 e. The fourth-order valence-electron chi connectivity index (χ4n) is 3.22. The number of nitriles is 1. The number of halogens is 2. The number of aliphatic hydroxyl groups excluding tert-OH is 1. The van der Waals surface area contributed by atoms with Gasteiger partial charge in [-0.25, -0.2) is 4.39 Å². The van der Waals surface area contributed by atoms with E-state index in [9.17, 15) is 9.50 Å². The molecule has 1 fully saturated rings. The van der Waals surface area contributed by atoms with Gasteiger partial charge in [0.25, 0.3) is 0 Å². The summed E-state index contributed by atoms with van der Waals surface area (Å²) >= 11 is 3.42. The van der Waals surface area contributed by atoms with Crippen LogP contribution in [0.4, 0.5) is 10.1 Å². The van der Waals surface area contributed by atoms with Crippen molar-refractivity contribution in [2.24, 2.45) is 0 Å². The van der Waals surface area contributed by atoms with Crippen LogP contribution in [0.3, 0.4) is 0 Å². The molecule has 1 aliphatic rings. The fourth-order valence-corrected chi connectivity index (χ4v) is 3.49. The summed E-state index contributed by atoms with van der Waals surface area (Å²) in [6.07, 6.45) is 0. The molecule has 0 aliphatic carbocycles. The fraction of sp³-hybridized carbons (Fsp3) is 0.316. The van der Waals surface area contributed by atoms with Crippen LogP contribution in [0.1, 0.15) is 17.2 Å². The number of rotatable bonds is 4. The highest BCUT2D eigenvalue weighted by Gasteiger charge is 2.25. The van der Waals surface area contributed by atoms with Crippen molar-refractivity contribution in [2.75, 3.05) is 37.7 Å². The Morgan fingerprint density at radius 3 is 2.36 bits per heavy atom. The van der Waals surface area contributed by atoms with Crippen molar-refractivity contribution in [3.63, 3.8) is 0 Å². The zero-order chi connectivity index (χ0) is 17.8. The molecule has 3 rings (SSSR count). The van der Waals surface area contributed by atoms with Crippen LogP contribution in [0.2, 0.25) is 0 Å². The van der Waals surface area contributed by atoms with Crippen molar-refractivity contribution >= 4 is 21.6 Å². The van der Waals surface area contributed by atoms with E-state index < -0.39 is 0 Å². The minimum atomic E-state index is -0.362. The van der Waals surface area contributed by atoms with E-state index in [-0.39, 0.29) is 18.5 Å². The Labute approximate surface area is 155 Å². The summed E-state index contributed by atoms with van der Waals surface area (Å²) in [5.74, 6) is -0.362. The molecule has 4 nitrogen and oxygen atoms in total. The molecule has 0 aromatic heterocycles. The standard InChI is InChI=1S/C19H19BrFN3O/c20-16-4-2-15(3-5-16)19(13-25)24-9-7-23(8-10-24)18-6-1-14(12-22)11-17(18)21/h1-6,11,19,25H,7-10,13H2. The highest BCUT2D eigenvalue weighted by atomic mass is 79.9. The van der Waals surface area contributed by atoms with E-state index in [1.165, 1.54) is 6.07 Å². The van der Waals surface area contributed by atoms with Crippen molar-refractivity contribution in [2.45, 2.75) is 6.04 Å². The molecule has 130 valence electrons. The lowest BCUT2D eigenvalue weighted by atomic mass is 10.0. The van der Waals surface area contributed by atoms with E-state index in [2.05, 4.69) is 20.8 Å². The first kappa shape index (κ1) is 17.9. The first-order valence-electron chi connectivity index (χ1n) is 8.17. The average Bonchev–Trinajstić information content (AvgIpc) is 2.64. The Balaban J connectivity index is 1.68. The van der Waals surface area contributed by atoms with E-state index >= 15 is 0 Å². The minimum Gasteiger partial charge on any atom is -0.394 e. The molecule has 1 unspecified atom stereocenters. The summed E-state index contributed by atoms with van der Waals surface area (Å²) in [7, 11) is 0. The number of piperazine rings is 1. The van der Waals surface area contributed by atoms with Gasteiger partial charge >= 0.3 is 0 Å². The van der Waals surface area contributed by atoms with Crippen molar-refractivity contribution in [3.05, 3.63) is 63.9 Å². The summed E-state index contributed by atoms with van der Waals surface area (Å²) in [4.78, 5) is 4.21. The minimum absolute atomic E-state index is 0.0485. The predicted molar refractivity (Wildman–Crippen MR) is 98.9 cm³/mol. The maximum atomic E-state index is 14.2. The number of hydrogen-bond acceptors (Lipinski definition) is 4. The van der Waals surface area contributed by atoms with Gasteiger partial charge in [-0.3, -0.25) is 4.90 Å². The third kappa shape index (κ3) is 4.01. The SMILES string of the molecule is N#Cc1ccc(N2CCN(C(CO)c3ccc(Br)cc3)CC2)c(F)c1. The monoisotopic (exact) mass is 403 g/mol. The summed E-state index contributed by atoms with van der Waals surface area (Å²) in [5.41, 5.74) is 1.93. The molecule has 1 atom stereocenters. The number of aliphatic hydroxyl groups is 1. The summed E-state index contributed by atoms with van der Waals surface area (Å²) in [5, 5.41) is 18.7. The van der Waals surface area contributed by atoms with Gasteiger partial charge in [-0.15, -0.1) is 0 Å². The van der Waals surface area contributed by atoms with Gasteiger partial charge in [0.05, 0.1) is 30.0 Å². The van der Waals surface area contributed by atoms with Crippen LogP contribution in [-0.2, 0) is 0 Å². The molecular formula is C19H19BrFN3O. The molecule has 0 amide bonds. The van der Waals surface area contributed by atoms with Crippen LogP contribution in [0, 0.1) is 17.1 Å². The second-order valence-corrected chi connectivity index (χ2v) is 6.97. The van der Waals surface area contributed by atoms with E-state index in [1.807, 2.05) is 35.2 Å². The Morgan fingerprint density at radius 1 is 1.12 bits per heavy atom. The summed E-state index contributed by atoms with van der Waals surface area (Å²) in [6, 6.07) is 14.5. The van der Waals surface area contributed by atoms with Crippen molar-refractivity contribution < 1.29 is 9.50 Å². The van der Waals surface area contributed by atoms with Gasteiger partial charge in [0, 0.05) is 30.7 Å². The van der Waals surface area contributed by atoms with Crippen LogP contribution < -0.4 is 4.90 Å². The van der Waals surface area contributed by atoms with Crippen molar-refractivity contribution in [1.29, 1.82) is 5.26 Å². The Kier molecular flexibility index (Phi) is 5.69. The van der Waals surface area contributed by atoms with E-state index in [0.29, 0.717) is 24.3 Å². The lowest BCUT2D eigenvalue weighted by molar-refractivity contribution is 0.117. The van der Waals surface area contributed by atoms with Crippen LogP contribution in [0.5, 0.6) is 0 Å². The third-order valence-corrected chi connectivity index (χ3v) is 5.13. The van der Waals surface area contributed by atoms with Gasteiger partial charge in [0.2, 0.25) is 0 Å². The lowest BCUT2D eigenvalue weighted by Crippen LogP contribution is -2.48. The summed E-state index contributed by atoms with van der Waals surface area (Å²) < 4.78 is 15.2. The molecular weight excluding hydrogens is 385 g/mol. The van der Waals surface area contributed by atoms with Gasteiger partial charge in [0.1, 0.15) is 5.82 Å². The van der Waals surface area contributed by atoms with Crippen LogP contribution >= 0.6 is 15.9 Å². The van der Waals surface area contributed by atoms with Gasteiger partial charge < -0.3 is 10.0 Å². The maximum absolute atomic E-state index is 14.2. The molecule has 1 heterocycles. The van der Waals surface area contributed by atoms with Crippen LogP contribution in [-0.4, -0.2) is 42.8 Å². The second-order valence-electron chi connectivity index (χ2n) is 6.05. The second kappa shape index (κ2) is 7.96. The van der Waals surface area contributed by atoms with Gasteiger partial charge in [0.15, 0.2) is 0 Å². The van der Waals surface area contributed by atoms with Gasteiger partial charge in [-0.05, 0) is 35.9 Å². The van der Waals surface area contributed by atoms with E-state index in [1.54, 1.807) is 12.1 Å². The Hall–Kier alpha value is -1.94. The van der Waals surface area contributed by atoms with E-state index in [4.69, 9.17) is 5.26 Å². The Bertz CT molecular complexity index is 767. The quantitative estimate of drug-likeness (QED) is 0.850. The molecule has 2 aromatic carbocycles. The highest BCUT2D eigenvalue weighted by molar-refractivity contribution is 9.10. The first-order valence-corrected chi connectivity index (χ1v) is 8.96. The zero-order valence-electron chi connectivity index (χ0n) is 13.7. The number of benzene rings is 2.